The summed E-state index contributed by atoms with van der Waals surface area (Å²) in [7, 11) is 1.29. The van der Waals surface area contributed by atoms with E-state index in [4.69, 9.17) is 11.0 Å². The molecule has 2 aromatic rings. The Hall–Kier alpha value is -2.01. The molecule has 1 fully saturated rings. The fourth-order valence-corrected chi connectivity index (χ4v) is 2.22. The predicted octanol–water partition coefficient (Wildman–Crippen LogP) is 1.92. The van der Waals surface area contributed by atoms with Gasteiger partial charge in [-0.05, 0) is 50.1 Å². The van der Waals surface area contributed by atoms with Crippen molar-refractivity contribution in [2.24, 2.45) is 0 Å². The van der Waals surface area contributed by atoms with Gasteiger partial charge in [-0.3, -0.25) is 0 Å². The van der Waals surface area contributed by atoms with E-state index in [9.17, 15) is 4.79 Å². The van der Waals surface area contributed by atoms with Crippen molar-refractivity contribution in [2.45, 2.75) is 18.8 Å². The first kappa shape index (κ1) is 7.31. The van der Waals surface area contributed by atoms with Gasteiger partial charge >= 0.3 is 6.09 Å². The zero-order chi connectivity index (χ0) is 21.8. The lowest BCUT2D eigenvalue weighted by Gasteiger charge is -2.09. The third-order valence-electron chi connectivity index (χ3n) is 3.19. The second kappa shape index (κ2) is 5.77. The van der Waals surface area contributed by atoms with Crippen LogP contribution in [0.2, 0.25) is 0 Å². The van der Waals surface area contributed by atoms with Crippen molar-refractivity contribution in [1.29, 1.82) is 0 Å². The van der Waals surface area contributed by atoms with E-state index >= 15 is 0 Å². The number of benzene rings is 1. The van der Waals surface area contributed by atoms with Crippen LogP contribution in [0.5, 0.6) is 0 Å². The quantitative estimate of drug-likeness (QED) is 0.886. The zero-order valence-corrected chi connectivity index (χ0v) is 11.5. The number of ether oxygens (including phenoxy) is 1. The molecule has 0 saturated carbocycles. The van der Waals surface area contributed by atoms with E-state index in [2.05, 4.69) is 15.0 Å². The van der Waals surface area contributed by atoms with Crippen LogP contribution >= 0.6 is 0 Å². The average molecular weight is 295 g/mol. The highest BCUT2D eigenvalue weighted by atomic mass is 16.6. The Morgan fingerprint density at radius 1 is 1.67 bits per heavy atom. The number of fused-ring (bicyclic) bond motifs is 1. The van der Waals surface area contributed by atoms with Crippen LogP contribution in [0.1, 0.15) is 22.1 Å². The molecule has 1 aromatic heterocycles. The highest BCUT2D eigenvalue weighted by Crippen LogP contribution is 2.21. The molecule has 112 valence electrons. The minimum Gasteiger partial charge on any atom is -0.447 e. The van der Waals surface area contributed by atoms with Crippen LogP contribution in [0.25, 0.3) is 10.9 Å². The monoisotopic (exact) mass is 295 g/mol. The first-order chi connectivity index (χ1) is 13.2. The van der Waals surface area contributed by atoms with Crippen molar-refractivity contribution in [3.05, 3.63) is 35.5 Å². The van der Waals surface area contributed by atoms with E-state index < -0.39 is 38.6 Å². The molecule has 0 spiro atoms. The Balaban J connectivity index is 1.96. The summed E-state index contributed by atoms with van der Waals surface area (Å²) < 4.78 is 67.4. The molecule has 1 atom stereocenters. The maximum atomic E-state index is 11.3. The first-order valence-corrected chi connectivity index (χ1v) is 6.53. The normalized spacial score (nSPS) is 27.5. The molecule has 0 radical (unpaired) electrons. The number of carbonyl (C=O) groups excluding carboxylic acids is 1. The average Bonchev–Trinajstić information content (AvgIpc) is 3.00. The van der Waals surface area contributed by atoms with Gasteiger partial charge in [-0.1, -0.05) is 6.07 Å². The third-order valence-corrected chi connectivity index (χ3v) is 3.19. The van der Waals surface area contributed by atoms with Crippen molar-refractivity contribution in [3.63, 3.8) is 0 Å². The van der Waals surface area contributed by atoms with Crippen molar-refractivity contribution >= 4 is 17.0 Å². The van der Waals surface area contributed by atoms with Crippen LogP contribution in [-0.2, 0) is 17.5 Å². The molecule has 0 unspecified atom stereocenters. The number of amides is 1. The Morgan fingerprint density at radius 2 is 2.57 bits per heavy atom. The maximum Gasteiger partial charge on any atom is 0.407 e. The van der Waals surface area contributed by atoms with Gasteiger partial charge in [0.2, 0.25) is 0 Å². The summed E-state index contributed by atoms with van der Waals surface area (Å²) in [6.07, 6.45) is -3.03. The Bertz CT molecular complexity index is 940. The van der Waals surface area contributed by atoms with Gasteiger partial charge in [0.05, 0.1) is 10.2 Å². The van der Waals surface area contributed by atoms with Crippen molar-refractivity contribution in [3.8, 4) is 0 Å². The van der Waals surface area contributed by atoms with Gasteiger partial charge in [-0.25, -0.2) is 4.79 Å². The van der Waals surface area contributed by atoms with Crippen LogP contribution in [0.15, 0.2) is 24.4 Å². The molecular formula is C16H21N3O2. The lowest BCUT2D eigenvalue weighted by molar-refractivity contribution is 0.177. The van der Waals surface area contributed by atoms with E-state index in [0.29, 0.717) is 16.5 Å². The molecule has 1 aliphatic heterocycles. The first-order valence-electron chi connectivity index (χ1n) is 10.5. The summed E-state index contributed by atoms with van der Waals surface area (Å²) in [5.74, 6) is 0. The molecule has 0 aliphatic carbocycles. The molecular weight excluding hydrogens is 266 g/mol. The smallest absolute Gasteiger partial charge is 0.407 e. The van der Waals surface area contributed by atoms with Gasteiger partial charge in [-0.2, -0.15) is 0 Å². The minimum absolute atomic E-state index is 0.0279. The molecule has 5 heteroatoms. The molecule has 3 rings (SSSR count). The number of aromatic amines is 1. The van der Waals surface area contributed by atoms with Gasteiger partial charge in [0.25, 0.3) is 0 Å². The number of cyclic esters (lactones) is 1. The number of carbonyl (C=O) groups is 1. The lowest BCUT2D eigenvalue weighted by Crippen LogP contribution is -2.28. The van der Waals surface area contributed by atoms with E-state index in [1.165, 1.54) is 7.05 Å². The summed E-state index contributed by atoms with van der Waals surface area (Å²) in [6, 6.07) is 4.03. The lowest BCUT2D eigenvalue weighted by atomic mass is 10.0. The minimum atomic E-state index is -2.47. The molecule has 0 bridgehead atoms. The highest BCUT2D eigenvalue weighted by Gasteiger charge is 2.22. The van der Waals surface area contributed by atoms with E-state index in [-0.39, 0.29) is 18.2 Å². The Morgan fingerprint density at radius 3 is 3.33 bits per heavy atom. The van der Waals surface area contributed by atoms with Crippen molar-refractivity contribution < 1.29 is 20.5 Å². The molecule has 1 aromatic carbocycles. The second-order valence-corrected chi connectivity index (χ2v) is 4.95. The number of alkyl carbamates (subject to hydrolysis) is 1. The summed E-state index contributed by atoms with van der Waals surface area (Å²) in [6.45, 7) is -5.09. The summed E-state index contributed by atoms with van der Waals surface area (Å²) >= 11 is 0. The van der Waals surface area contributed by atoms with E-state index in [0.717, 1.165) is 4.90 Å². The van der Waals surface area contributed by atoms with Crippen molar-refractivity contribution in [2.75, 3.05) is 27.1 Å². The van der Waals surface area contributed by atoms with Crippen molar-refractivity contribution in [1.82, 2.24) is 15.2 Å². The summed E-state index contributed by atoms with van der Waals surface area (Å²) in [4.78, 5) is 15.0. The molecule has 2 heterocycles. The van der Waals surface area contributed by atoms with E-state index in [1.54, 1.807) is 18.2 Å². The number of aromatic nitrogens is 1. The zero-order valence-electron chi connectivity index (χ0n) is 19.5. The fraction of sp³-hybridized carbons (Fsp3) is 0.438. The topological polar surface area (TPSA) is 57.4 Å². The molecule has 1 saturated heterocycles. The predicted molar refractivity (Wildman–Crippen MR) is 82.5 cm³/mol. The number of H-pyrrole nitrogens is 1. The van der Waals surface area contributed by atoms with Crippen LogP contribution in [0.4, 0.5) is 4.79 Å². The highest BCUT2D eigenvalue weighted by molar-refractivity contribution is 5.84. The fourth-order valence-electron chi connectivity index (χ4n) is 2.22. The summed E-state index contributed by atoms with van der Waals surface area (Å²) in [5.41, 5.74) is 1.14. The van der Waals surface area contributed by atoms with Gasteiger partial charge in [0, 0.05) is 30.5 Å². The standard InChI is InChI=1S/C16H21N3O2/c1-19(2)6-5-12-9-17-15-4-3-11(8-14(12)15)7-13-10-21-16(20)18-13/h3-4,8-9,13,17H,5-7,10H2,1-2H3,(H,18,20)/t13-/m0/s1/i1D3,5D2,9D,10D2. The summed E-state index contributed by atoms with van der Waals surface area (Å²) in [5, 5.41) is 2.81. The Labute approximate surface area is 135 Å². The number of nitrogens with zero attached hydrogens (tertiary/aromatic N) is 1. The molecule has 1 aliphatic rings. The third kappa shape index (κ3) is 3.19. The van der Waals surface area contributed by atoms with Crippen LogP contribution in [0, 0.1) is 0 Å². The number of hydrogen-bond donors (Lipinski definition) is 2. The maximum absolute atomic E-state index is 11.3. The number of nitrogens with one attached hydrogen (secondary N) is 2. The van der Waals surface area contributed by atoms with Crippen LogP contribution < -0.4 is 5.32 Å². The largest absolute Gasteiger partial charge is 0.447 e. The Kier molecular flexibility index (Phi) is 2.01. The van der Waals surface area contributed by atoms with Crippen LogP contribution in [0.3, 0.4) is 0 Å². The number of rotatable bonds is 5. The van der Waals surface area contributed by atoms with E-state index in [1.807, 2.05) is 0 Å². The molecule has 2 N–H and O–H groups in total. The molecule has 5 nitrogen and oxygen atoms in total. The van der Waals surface area contributed by atoms with Crippen LogP contribution in [-0.4, -0.2) is 49.1 Å². The second-order valence-electron chi connectivity index (χ2n) is 4.95. The van der Waals surface area contributed by atoms with Gasteiger partial charge in [0.1, 0.15) is 6.56 Å². The molecule has 21 heavy (non-hydrogen) atoms. The number of hydrogen-bond acceptors (Lipinski definition) is 3. The van der Waals surface area contributed by atoms with Gasteiger partial charge in [0.15, 0.2) is 0 Å². The van der Waals surface area contributed by atoms with Gasteiger partial charge in [-0.15, -0.1) is 0 Å². The molecule has 1 amide bonds. The van der Waals surface area contributed by atoms with Gasteiger partial charge < -0.3 is 19.9 Å². The number of likely N-dealkylation sites (N-methyl/N-ethyl adjacent to an activating group) is 1. The SMILES string of the molecule is [2H]c1[nH]c2ccc(C[C@@H]3NC(=O)OC3([2H])[2H])cc2c1C([2H])([2H])CN(C)C([2H])([2H])[2H].